The third kappa shape index (κ3) is 18.7. The van der Waals surface area contributed by atoms with Crippen LogP contribution in [-0.4, -0.2) is 123 Å². The summed E-state index contributed by atoms with van der Waals surface area (Å²) in [6.07, 6.45) is 3.35. The van der Waals surface area contributed by atoms with Crippen LogP contribution in [0.4, 0.5) is 119 Å². The van der Waals surface area contributed by atoms with Gasteiger partial charge in [0.1, 0.15) is 29.0 Å². The van der Waals surface area contributed by atoms with Gasteiger partial charge in [-0.05, 0) is 161 Å². The van der Waals surface area contributed by atoms with E-state index in [1.54, 1.807) is 29.7 Å². The maximum atomic E-state index is 14.0. The number of nitrogen functional groups attached to an aromatic ring is 4. The average molecular weight is 1680 g/mol. The number of nitrogens with two attached hydrogens (primary N) is 4. The molecule has 0 unspecified atom stereocenters. The number of hydrogen-bond donors (Lipinski definition) is 8. The number of aromatic nitrogens is 21. The quantitative estimate of drug-likeness (QED) is 0.0310. The number of alkyl halides is 9. The first-order valence-corrected chi connectivity index (χ1v) is 36.9. The van der Waals surface area contributed by atoms with Gasteiger partial charge in [-0.3, -0.25) is 18.3 Å². The molecule has 9 heterocycles. The molecule has 0 atom stereocenters. The maximum Gasteiger partial charge on any atom is 0.416 e. The standard InChI is InChI=1S/C20H16F3N7O.C20H16F3N7.C20H17F2N7O.C17H12ClF3N8O/c21-12-9-11(7-8-15(12)31-17(22)23)25-19-27-18(24)28-20(29-19)30-14-4-2-1-3-13(14)26-16(30)10-5-6-10;21-20(22,23)12-7-9-13(10-8-12)25-18-27-17(24)28-19(29-18)30-15-4-2-1-3-14(15)26-16(30)11-5-6-11;21-17(22)30-13-9-7-12(8-10-13)24-19-26-18(23)27-20(28-19)29-15-4-2-1-3-14(15)25-16(29)11-5-6-11;1-7-24-13-11(4-8(18)6-23-13)29(7)17-27-15(22)26-16(28-17)25-9-2-3-12(10(19)5-9)30-14(20)21/h1-4,7-10,17H,5-6H2,(H3,24,25,27,28,29);1-4,7-11H,5-6H2,(H3,24,25,27,28,29);1-4,7-11,17H,5-6H2,(H3,23,24,26,27,28);2-6,14H,1H3,(H3,22,25,26,27,28). The molecule has 32 nitrogen and oxygen atoms in total. The van der Waals surface area contributed by atoms with Crippen molar-refractivity contribution in [3.63, 3.8) is 0 Å². The Morgan fingerprint density at radius 3 is 1.07 bits per heavy atom. The maximum absolute atomic E-state index is 14.0. The molecule has 0 aliphatic heterocycles. The largest absolute Gasteiger partial charge is 0.435 e. The molecule has 3 aliphatic carbocycles. The normalized spacial score (nSPS) is 13.2. The van der Waals surface area contributed by atoms with Crippen LogP contribution in [0.2, 0.25) is 5.02 Å². The second-order valence-electron chi connectivity index (χ2n) is 27.0. The topological polar surface area (TPSA) is 419 Å². The van der Waals surface area contributed by atoms with E-state index in [-0.39, 0.29) is 76.6 Å². The number of imidazole rings is 4. The van der Waals surface area contributed by atoms with Gasteiger partial charge < -0.3 is 58.4 Å². The molecule has 616 valence electrons. The van der Waals surface area contributed by atoms with E-state index in [0.717, 1.165) is 125 Å². The Kier molecular flexibility index (Phi) is 22.1. The predicted octanol–water partition coefficient (Wildman–Crippen LogP) is 16.2. The van der Waals surface area contributed by atoms with Crippen molar-refractivity contribution < 1.29 is 62.5 Å². The molecular formula is C77H61ClF11N29O3. The molecule has 12 N–H and O–H groups in total. The van der Waals surface area contributed by atoms with E-state index in [2.05, 4.69) is 105 Å². The van der Waals surface area contributed by atoms with Gasteiger partial charge in [-0.2, -0.15) is 99.3 Å². The summed E-state index contributed by atoms with van der Waals surface area (Å²) < 4.78 is 160. The van der Waals surface area contributed by atoms with Gasteiger partial charge in [0.2, 0.25) is 71.4 Å². The third-order valence-corrected chi connectivity index (χ3v) is 18.4. The van der Waals surface area contributed by atoms with Crippen molar-refractivity contribution in [2.75, 3.05) is 44.2 Å². The summed E-state index contributed by atoms with van der Waals surface area (Å²) in [5, 5.41) is 11.9. The Morgan fingerprint density at radius 2 is 0.727 bits per heavy atom. The minimum absolute atomic E-state index is 0.00401. The Labute approximate surface area is 678 Å². The second kappa shape index (κ2) is 33.5. The zero-order chi connectivity index (χ0) is 84.5. The minimum atomic E-state index is -4.40. The molecule has 44 heteroatoms. The lowest BCUT2D eigenvalue weighted by Crippen LogP contribution is -2.11. The predicted molar refractivity (Wildman–Crippen MR) is 423 cm³/mol. The van der Waals surface area contributed by atoms with Gasteiger partial charge in [0.05, 0.1) is 49.2 Å². The molecule has 7 aromatic carbocycles. The smallest absolute Gasteiger partial charge is 0.416 e. The Hall–Kier alpha value is -15.1. The molecule has 3 fully saturated rings. The van der Waals surface area contributed by atoms with Gasteiger partial charge in [-0.1, -0.05) is 48.0 Å². The van der Waals surface area contributed by atoms with Crippen LogP contribution in [-0.2, 0) is 6.18 Å². The first-order chi connectivity index (χ1) is 58.2. The Morgan fingerprint density at radius 1 is 0.388 bits per heavy atom. The highest BCUT2D eigenvalue weighted by Crippen LogP contribution is 2.45. The van der Waals surface area contributed by atoms with E-state index in [4.69, 9.17) is 49.5 Å². The van der Waals surface area contributed by atoms with E-state index in [9.17, 15) is 48.3 Å². The number of halogens is 12. The zero-order valence-corrected chi connectivity index (χ0v) is 63.1. The van der Waals surface area contributed by atoms with E-state index in [1.165, 1.54) is 42.6 Å². The third-order valence-electron chi connectivity index (χ3n) is 18.2. The van der Waals surface area contributed by atoms with Crippen molar-refractivity contribution >= 4 is 126 Å². The number of anilines is 12. The number of ether oxygens (including phenoxy) is 3. The van der Waals surface area contributed by atoms with Crippen molar-refractivity contribution in [3.05, 3.63) is 216 Å². The fraction of sp³-hybridized carbons (Fsp3) is 0.182. The van der Waals surface area contributed by atoms with E-state index in [1.807, 2.05) is 86.5 Å². The molecule has 16 aromatic rings. The number of benzene rings is 7. The molecule has 3 aliphatic rings. The summed E-state index contributed by atoms with van der Waals surface area (Å²) in [5.41, 5.74) is 30.3. The first kappa shape index (κ1) is 79.8. The van der Waals surface area contributed by atoms with Crippen molar-refractivity contribution in [2.24, 2.45) is 0 Å². The number of fused-ring (bicyclic) bond motifs is 4. The van der Waals surface area contributed by atoms with Crippen LogP contribution in [0, 0.1) is 18.6 Å². The Balaban J connectivity index is 0.000000120. The van der Waals surface area contributed by atoms with Gasteiger partial charge in [0, 0.05) is 58.8 Å². The van der Waals surface area contributed by atoms with E-state index >= 15 is 0 Å². The van der Waals surface area contributed by atoms with Crippen molar-refractivity contribution in [1.29, 1.82) is 0 Å². The van der Waals surface area contributed by atoms with Gasteiger partial charge in [0.25, 0.3) is 0 Å². The van der Waals surface area contributed by atoms with Crippen molar-refractivity contribution in [3.8, 4) is 41.0 Å². The summed E-state index contributed by atoms with van der Waals surface area (Å²) in [7, 11) is 0. The molecule has 0 radical (unpaired) electrons. The lowest BCUT2D eigenvalue weighted by Gasteiger charge is -2.11. The fourth-order valence-corrected chi connectivity index (χ4v) is 12.7. The summed E-state index contributed by atoms with van der Waals surface area (Å²) >= 11 is 6.03. The highest BCUT2D eigenvalue weighted by atomic mass is 35.5. The molecule has 0 amide bonds. The monoisotopic (exact) mass is 1680 g/mol. The van der Waals surface area contributed by atoms with Gasteiger partial charge >= 0.3 is 26.0 Å². The number of pyridine rings is 1. The number of rotatable bonds is 21. The van der Waals surface area contributed by atoms with Gasteiger partial charge in [0.15, 0.2) is 28.8 Å². The Bertz CT molecular complexity index is 6510. The molecule has 0 saturated heterocycles. The molecule has 9 aromatic heterocycles. The van der Waals surface area contributed by atoms with Crippen LogP contribution >= 0.6 is 11.6 Å². The zero-order valence-electron chi connectivity index (χ0n) is 62.3. The molecule has 3 saturated carbocycles. The lowest BCUT2D eigenvalue weighted by molar-refractivity contribution is -0.137. The van der Waals surface area contributed by atoms with Crippen LogP contribution < -0.4 is 58.4 Å². The van der Waals surface area contributed by atoms with Crippen molar-refractivity contribution in [2.45, 2.75) is 89.2 Å². The average Bonchev–Trinajstić information content (AvgIpc) is 1.62. The molecule has 19 rings (SSSR count). The minimum Gasteiger partial charge on any atom is -0.435 e. The summed E-state index contributed by atoms with van der Waals surface area (Å²) in [6, 6.07) is 42.1. The highest BCUT2D eigenvalue weighted by molar-refractivity contribution is 6.31. The molecule has 121 heavy (non-hydrogen) atoms. The van der Waals surface area contributed by atoms with Gasteiger partial charge in [-0.15, -0.1) is 0 Å². The first-order valence-electron chi connectivity index (χ1n) is 36.5. The number of nitrogens with one attached hydrogen (secondary N) is 4. The fourth-order valence-electron chi connectivity index (χ4n) is 12.6. The SMILES string of the molecule is Cc1nc2ncc(Cl)cc2n1-c1nc(N)nc(Nc2ccc(OC(F)F)c(F)c2)n1.Nc1nc(Nc2ccc(C(F)(F)F)cc2)nc(-n2c(C3CC3)nc3ccccc32)n1.Nc1nc(Nc2ccc(OC(F)F)c(F)c2)nc(-n2c(C3CC3)nc3ccccc32)n1.Nc1nc(Nc2ccc(OC(F)F)cc2)nc(-n2c(C3CC3)nc3ccccc32)n1. The highest BCUT2D eigenvalue weighted by Gasteiger charge is 2.35. The second-order valence-corrected chi connectivity index (χ2v) is 27.4. The number of nitrogens with zero attached hydrogens (tertiary/aromatic N) is 21. The molecule has 0 spiro atoms. The van der Waals surface area contributed by atoms with Crippen molar-refractivity contribution in [1.82, 2.24) is 103 Å². The van der Waals surface area contributed by atoms with Crippen LogP contribution in [0.3, 0.4) is 0 Å². The molecular weight excluding hydrogens is 1620 g/mol. The van der Waals surface area contributed by atoms with Gasteiger partial charge in [-0.25, -0.2) is 33.7 Å². The van der Waals surface area contributed by atoms with Crippen LogP contribution in [0.5, 0.6) is 17.2 Å². The summed E-state index contributed by atoms with van der Waals surface area (Å²) in [4.78, 5) is 73.5. The lowest BCUT2D eigenvalue weighted by atomic mass is 10.2. The van der Waals surface area contributed by atoms with Crippen LogP contribution in [0.1, 0.15) is 85.1 Å². The van der Waals surface area contributed by atoms with E-state index in [0.29, 0.717) is 63.0 Å². The summed E-state index contributed by atoms with van der Waals surface area (Å²) in [6.45, 7) is -7.41. The van der Waals surface area contributed by atoms with Crippen LogP contribution in [0.25, 0.3) is 68.1 Å². The summed E-state index contributed by atoms with van der Waals surface area (Å²) in [5.74, 6) is 2.57. The number of aryl methyl sites for hydroxylation is 1. The molecule has 0 bridgehead atoms. The van der Waals surface area contributed by atoms with E-state index < -0.39 is 54.7 Å². The van der Waals surface area contributed by atoms with Crippen LogP contribution in [0.15, 0.2) is 170 Å². The number of para-hydroxylation sites is 6. The number of hydrogen-bond acceptors (Lipinski definition) is 28.